The Balaban J connectivity index is 2.04. The smallest absolute Gasteiger partial charge is 0.267 e. The van der Waals surface area contributed by atoms with Gasteiger partial charge >= 0.3 is 6.18 Å². The molecule has 1 aromatic heterocycles. The van der Waals surface area contributed by atoms with Gasteiger partial charge in [0.1, 0.15) is 0 Å². The van der Waals surface area contributed by atoms with Gasteiger partial charge in [-0.15, -0.1) is 0 Å². The van der Waals surface area contributed by atoms with Crippen molar-refractivity contribution in [2.24, 2.45) is 0 Å². The van der Waals surface area contributed by atoms with Gasteiger partial charge in [0.2, 0.25) is 0 Å². The Morgan fingerprint density at radius 3 is 2.45 bits per heavy atom. The highest BCUT2D eigenvalue weighted by atomic mass is 19.4. The third-order valence-electron chi connectivity index (χ3n) is 3.40. The first-order valence-corrected chi connectivity index (χ1v) is 6.57. The maximum Gasteiger partial charge on any atom is 0.416 e. The molecule has 3 rings (SSSR count). The number of rotatable bonds is 2. The van der Waals surface area contributed by atoms with Crippen LogP contribution in [-0.2, 0) is 12.6 Å². The Morgan fingerprint density at radius 2 is 1.73 bits per heavy atom. The van der Waals surface area contributed by atoms with E-state index in [9.17, 15) is 18.0 Å². The molecule has 0 aliphatic heterocycles. The molecule has 2 aromatic carbocycles. The Hall–Kier alpha value is -2.63. The van der Waals surface area contributed by atoms with Crippen molar-refractivity contribution in [2.75, 3.05) is 0 Å². The van der Waals surface area contributed by atoms with E-state index in [1.807, 2.05) is 0 Å². The van der Waals surface area contributed by atoms with Crippen molar-refractivity contribution in [3.05, 3.63) is 75.7 Å². The summed E-state index contributed by atoms with van der Waals surface area (Å²) >= 11 is 0. The summed E-state index contributed by atoms with van der Waals surface area (Å²) in [7, 11) is 0. The molecule has 0 unspecified atom stereocenters. The zero-order chi connectivity index (χ0) is 15.7. The lowest BCUT2D eigenvalue weighted by atomic mass is 10.0. The predicted molar refractivity (Wildman–Crippen MR) is 76.6 cm³/mol. The number of hydrogen-bond donors (Lipinski definition) is 1. The van der Waals surface area contributed by atoms with E-state index in [0.717, 1.165) is 12.1 Å². The van der Waals surface area contributed by atoms with Gasteiger partial charge in [0.25, 0.3) is 5.56 Å². The number of H-pyrrole nitrogens is 1. The van der Waals surface area contributed by atoms with Crippen LogP contribution in [0.5, 0.6) is 0 Å². The molecule has 0 spiro atoms. The first-order chi connectivity index (χ1) is 10.4. The largest absolute Gasteiger partial charge is 0.416 e. The SMILES string of the molecule is O=c1[nH]nc(Cc2cccc(C(F)(F)F)c2)c2ccccc12. The van der Waals surface area contributed by atoms with Gasteiger partial charge in [-0.3, -0.25) is 4.79 Å². The van der Waals surface area contributed by atoms with Crippen LogP contribution in [0.1, 0.15) is 16.8 Å². The zero-order valence-corrected chi connectivity index (χ0v) is 11.3. The number of fused-ring (bicyclic) bond motifs is 1. The van der Waals surface area contributed by atoms with E-state index in [1.165, 1.54) is 6.07 Å². The molecular weight excluding hydrogens is 293 g/mol. The summed E-state index contributed by atoms with van der Waals surface area (Å²) in [6, 6.07) is 12.0. The molecule has 22 heavy (non-hydrogen) atoms. The molecule has 1 heterocycles. The lowest BCUT2D eigenvalue weighted by Crippen LogP contribution is -2.11. The number of aromatic amines is 1. The molecule has 112 valence electrons. The molecule has 0 saturated carbocycles. The number of nitrogens with one attached hydrogen (secondary N) is 1. The van der Waals surface area contributed by atoms with Crippen molar-refractivity contribution >= 4 is 10.8 Å². The molecule has 1 N–H and O–H groups in total. The third kappa shape index (κ3) is 2.72. The van der Waals surface area contributed by atoms with Gasteiger partial charge < -0.3 is 0 Å². The first-order valence-electron chi connectivity index (χ1n) is 6.57. The standard InChI is InChI=1S/C16H11F3N2O/c17-16(18,19)11-5-3-4-10(8-11)9-14-12-6-1-2-7-13(12)15(22)21-20-14/h1-8H,9H2,(H,21,22). The van der Waals surface area contributed by atoms with Crippen LogP contribution in [0.4, 0.5) is 13.2 Å². The lowest BCUT2D eigenvalue weighted by Gasteiger charge is -2.09. The van der Waals surface area contributed by atoms with Crippen LogP contribution in [0.25, 0.3) is 10.8 Å². The summed E-state index contributed by atoms with van der Waals surface area (Å²) < 4.78 is 38.2. The summed E-state index contributed by atoms with van der Waals surface area (Å²) in [5.41, 5.74) is 0.0103. The Morgan fingerprint density at radius 1 is 1.00 bits per heavy atom. The minimum Gasteiger partial charge on any atom is -0.267 e. The second kappa shape index (κ2) is 5.29. The molecule has 0 radical (unpaired) electrons. The number of halogens is 3. The third-order valence-corrected chi connectivity index (χ3v) is 3.40. The van der Waals surface area contributed by atoms with Gasteiger partial charge in [-0.05, 0) is 17.7 Å². The maximum absolute atomic E-state index is 12.7. The molecule has 3 aromatic rings. The van der Waals surface area contributed by atoms with Gasteiger partial charge in [0, 0.05) is 11.8 Å². The van der Waals surface area contributed by atoms with Crippen LogP contribution in [0, 0.1) is 0 Å². The van der Waals surface area contributed by atoms with Crippen molar-refractivity contribution in [1.82, 2.24) is 10.2 Å². The van der Waals surface area contributed by atoms with E-state index in [4.69, 9.17) is 0 Å². The van der Waals surface area contributed by atoms with E-state index in [0.29, 0.717) is 22.0 Å². The summed E-state index contributed by atoms with van der Waals surface area (Å²) in [5.74, 6) is 0. The summed E-state index contributed by atoms with van der Waals surface area (Å²) in [4.78, 5) is 11.7. The summed E-state index contributed by atoms with van der Waals surface area (Å²) in [6.45, 7) is 0. The average Bonchev–Trinajstić information content (AvgIpc) is 2.50. The fourth-order valence-corrected chi connectivity index (χ4v) is 2.36. The number of nitrogens with zero attached hydrogens (tertiary/aromatic N) is 1. The van der Waals surface area contributed by atoms with E-state index < -0.39 is 11.7 Å². The Labute approximate surface area is 123 Å². The van der Waals surface area contributed by atoms with Gasteiger partial charge in [-0.1, -0.05) is 36.4 Å². The number of alkyl halides is 3. The fourth-order valence-electron chi connectivity index (χ4n) is 2.36. The van der Waals surface area contributed by atoms with E-state index in [-0.39, 0.29) is 12.0 Å². The first kappa shape index (κ1) is 14.3. The van der Waals surface area contributed by atoms with Gasteiger partial charge in [0.15, 0.2) is 0 Å². The molecule has 0 fully saturated rings. The topological polar surface area (TPSA) is 45.8 Å². The highest BCUT2D eigenvalue weighted by molar-refractivity contribution is 5.83. The van der Waals surface area contributed by atoms with Crippen molar-refractivity contribution < 1.29 is 13.2 Å². The normalized spacial score (nSPS) is 11.8. The van der Waals surface area contributed by atoms with Gasteiger partial charge in [-0.2, -0.15) is 18.3 Å². The highest BCUT2D eigenvalue weighted by Gasteiger charge is 2.30. The molecule has 0 aliphatic carbocycles. The number of hydrogen-bond acceptors (Lipinski definition) is 2. The molecule has 0 bridgehead atoms. The zero-order valence-electron chi connectivity index (χ0n) is 11.3. The minimum absolute atomic E-state index is 0.210. The van der Waals surface area contributed by atoms with E-state index in [1.54, 1.807) is 30.3 Å². The number of benzene rings is 2. The second-order valence-electron chi connectivity index (χ2n) is 4.92. The van der Waals surface area contributed by atoms with Crippen molar-refractivity contribution in [3.63, 3.8) is 0 Å². The van der Waals surface area contributed by atoms with Crippen LogP contribution in [0.2, 0.25) is 0 Å². The van der Waals surface area contributed by atoms with E-state index in [2.05, 4.69) is 10.2 Å². The summed E-state index contributed by atoms with van der Waals surface area (Å²) in [5, 5.41) is 7.47. The maximum atomic E-state index is 12.7. The quantitative estimate of drug-likeness (QED) is 0.787. The summed E-state index contributed by atoms with van der Waals surface area (Å²) in [6.07, 6.45) is -4.17. The van der Waals surface area contributed by atoms with Crippen molar-refractivity contribution in [3.8, 4) is 0 Å². The van der Waals surface area contributed by atoms with Crippen LogP contribution in [-0.4, -0.2) is 10.2 Å². The van der Waals surface area contributed by atoms with Crippen LogP contribution >= 0.6 is 0 Å². The minimum atomic E-state index is -4.38. The molecule has 0 saturated heterocycles. The van der Waals surface area contributed by atoms with Crippen LogP contribution < -0.4 is 5.56 Å². The monoisotopic (exact) mass is 304 g/mol. The Bertz CT molecular complexity index is 884. The molecule has 0 aliphatic rings. The average molecular weight is 304 g/mol. The predicted octanol–water partition coefficient (Wildman–Crippen LogP) is 3.53. The molecule has 0 atom stereocenters. The second-order valence-corrected chi connectivity index (χ2v) is 4.92. The van der Waals surface area contributed by atoms with Gasteiger partial charge in [0.05, 0.1) is 16.6 Å². The highest BCUT2D eigenvalue weighted by Crippen LogP contribution is 2.30. The molecule has 6 heteroatoms. The van der Waals surface area contributed by atoms with Crippen molar-refractivity contribution in [2.45, 2.75) is 12.6 Å². The lowest BCUT2D eigenvalue weighted by molar-refractivity contribution is -0.137. The van der Waals surface area contributed by atoms with Crippen LogP contribution in [0.15, 0.2) is 53.3 Å². The number of aromatic nitrogens is 2. The van der Waals surface area contributed by atoms with E-state index >= 15 is 0 Å². The Kier molecular flexibility index (Phi) is 3.44. The van der Waals surface area contributed by atoms with Crippen LogP contribution in [0.3, 0.4) is 0 Å². The molecule has 0 amide bonds. The molecular formula is C16H11F3N2O. The molecule has 3 nitrogen and oxygen atoms in total. The van der Waals surface area contributed by atoms with Gasteiger partial charge in [-0.25, -0.2) is 5.10 Å². The van der Waals surface area contributed by atoms with Crippen molar-refractivity contribution in [1.29, 1.82) is 0 Å². The fraction of sp³-hybridized carbons (Fsp3) is 0.125.